The summed E-state index contributed by atoms with van der Waals surface area (Å²) in [4.78, 5) is 22.1. The fourth-order valence-electron chi connectivity index (χ4n) is 1.29. The van der Waals surface area contributed by atoms with Gasteiger partial charge in [0.1, 0.15) is 0 Å². The van der Waals surface area contributed by atoms with Gasteiger partial charge in [0, 0.05) is 11.8 Å². The number of carboxylic acid groups (broad SMARTS) is 1. The van der Waals surface area contributed by atoms with Crippen molar-refractivity contribution < 1.29 is 18.7 Å². The fraction of sp³-hybridized carbons (Fsp3) is 0.333. The first-order valence-corrected chi connectivity index (χ1v) is 4.24. The van der Waals surface area contributed by atoms with Gasteiger partial charge >= 0.3 is 12.5 Å². The second kappa shape index (κ2) is 4.20. The molecule has 0 amide bonds. The van der Waals surface area contributed by atoms with Crippen molar-refractivity contribution >= 4 is 5.97 Å². The molecule has 0 aliphatic carbocycles. The van der Waals surface area contributed by atoms with Crippen LogP contribution >= 0.6 is 0 Å². The predicted octanol–water partition coefficient (Wildman–Crippen LogP) is 1.50. The van der Waals surface area contributed by atoms with Crippen LogP contribution < -0.4 is 5.56 Å². The molecule has 4 nitrogen and oxygen atoms in total. The molecule has 0 saturated heterocycles. The molecule has 0 aliphatic rings. The Kier molecular flexibility index (Phi) is 3.18. The van der Waals surface area contributed by atoms with Crippen LogP contribution in [0.25, 0.3) is 0 Å². The van der Waals surface area contributed by atoms with Crippen LogP contribution in [0.5, 0.6) is 0 Å². The number of halogens is 2. The number of aromatic carboxylic acids is 1. The lowest BCUT2D eigenvalue weighted by molar-refractivity contribution is 0.0639. The molecule has 15 heavy (non-hydrogen) atoms. The van der Waals surface area contributed by atoms with Gasteiger partial charge in [0.25, 0.3) is 5.56 Å². The molecule has 1 rings (SSSR count). The number of pyridine rings is 1. The van der Waals surface area contributed by atoms with Crippen molar-refractivity contribution in [3.8, 4) is 0 Å². The van der Waals surface area contributed by atoms with Gasteiger partial charge in [-0.2, -0.15) is 8.78 Å². The third-order valence-electron chi connectivity index (χ3n) is 2.01. The van der Waals surface area contributed by atoms with Crippen molar-refractivity contribution in [2.24, 2.45) is 0 Å². The Morgan fingerprint density at radius 2 is 2.20 bits per heavy atom. The normalized spacial score (nSPS) is 10.7. The van der Waals surface area contributed by atoms with Gasteiger partial charge in [-0.3, -0.25) is 9.36 Å². The van der Waals surface area contributed by atoms with Gasteiger partial charge in [-0.05, 0) is 12.5 Å². The quantitative estimate of drug-likeness (QED) is 0.834. The fourth-order valence-corrected chi connectivity index (χ4v) is 1.29. The van der Waals surface area contributed by atoms with Crippen LogP contribution in [0.2, 0.25) is 0 Å². The summed E-state index contributed by atoms with van der Waals surface area (Å²) in [5, 5.41) is 8.72. The summed E-state index contributed by atoms with van der Waals surface area (Å²) in [6.07, 6.45) is 0.893. The monoisotopic (exact) mass is 217 g/mol. The third-order valence-corrected chi connectivity index (χ3v) is 2.01. The Labute approximate surface area is 83.8 Å². The Hall–Kier alpha value is -1.72. The molecule has 0 aliphatic heterocycles. The highest BCUT2D eigenvalue weighted by Gasteiger charge is 2.17. The molecular weight excluding hydrogens is 208 g/mol. The van der Waals surface area contributed by atoms with Crippen molar-refractivity contribution in [2.75, 3.05) is 0 Å². The summed E-state index contributed by atoms with van der Waals surface area (Å²) in [6.45, 7) is -1.41. The van der Waals surface area contributed by atoms with E-state index in [1.165, 1.54) is 0 Å². The highest BCUT2D eigenvalue weighted by molar-refractivity contribution is 5.89. The molecule has 0 saturated carbocycles. The predicted molar refractivity (Wildman–Crippen MR) is 48.3 cm³/mol. The average Bonchev–Trinajstić information content (AvgIpc) is 2.16. The maximum Gasteiger partial charge on any atom is 0.336 e. The Morgan fingerprint density at radius 3 is 2.60 bits per heavy atom. The second-order valence-corrected chi connectivity index (χ2v) is 2.86. The summed E-state index contributed by atoms with van der Waals surface area (Å²) in [7, 11) is 0. The molecule has 0 atom stereocenters. The lowest BCUT2D eigenvalue weighted by Gasteiger charge is -2.08. The van der Waals surface area contributed by atoms with Gasteiger partial charge in [-0.25, -0.2) is 4.79 Å². The molecule has 82 valence electrons. The van der Waals surface area contributed by atoms with E-state index in [4.69, 9.17) is 5.11 Å². The maximum atomic E-state index is 12.3. The zero-order chi connectivity index (χ0) is 11.6. The minimum Gasteiger partial charge on any atom is -0.478 e. The largest absolute Gasteiger partial charge is 0.478 e. The van der Waals surface area contributed by atoms with E-state index in [1.807, 2.05) is 0 Å². The van der Waals surface area contributed by atoms with E-state index in [1.54, 1.807) is 6.92 Å². The molecule has 0 bridgehead atoms. The minimum absolute atomic E-state index is 0.105. The highest BCUT2D eigenvalue weighted by atomic mass is 19.3. The third kappa shape index (κ3) is 2.03. The van der Waals surface area contributed by atoms with Crippen LogP contribution in [-0.2, 0) is 6.42 Å². The SMILES string of the molecule is CCc1c(C(=O)O)ccn(C(F)F)c1=O. The molecule has 1 aromatic heterocycles. The van der Waals surface area contributed by atoms with Gasteiger partial charge in [-0.1, -0.05) is 6.92 Å². The van der Waals surface area contributed by atoms with E-state index in [2.05, 4.69) is 0 Å². The first-order chi connectivity index (χ1) is 6.99. The summed E-state index contributed by atoms with van der Waals surface area (Å²) in [5.41, 5.74) is -1.28. The minimum atomic E-state index is -2.95. The highest BCUT2D eigenvalue weighted by Crippen LogP contribution is 2.10. The number of nitrogens with zero attached hydrogens (tertiary/aromatic N) is 1. The Morgan fingerprint density at radius 1 is 1.60 bits per heavy atom. The van der Waals surface area contributed by atoms with Crippen molar-refractivity contribution in [3.63, 3.8) is 0 Å². The summed E-state index contributed by atoms with van der Waals surface area (Å²) in [5.74, 6) is -1.29. The molecule has 6 heteroatoms. The number of carboxylic acids is 1. The molecule has 1 heterocycles. The zero-order valence-electron chi connectivity index (χ0n) is 7.91. The van der Waals surface area contributed by atoms with Gasteiger partial charge in [0.15, 0.2) is 0 Å². The molecule has 0 fully saturated rings. The smallest absolute Gasteiger partial charge is 0.336 e. The number of hydrogen-bond donors (Lipinski definition) is 1. The zero-order valence-corrected chi connectivity index (χ0v) is 7.91. The lowest BCUT2D eigenvalue weighted by atomic mass is 10.1. The summed E-state index contributed by atoms with van der Waals surface area (Å²) >= 11 is 0. The molecule has 0 radical (unpaired) electrons. The number of carbonyl (C=O) groups is 1. The first kappa shape index (κ1) is 11.4. The van der Waals surface area contributed by atoms with E-state index in [0.29, 0.717) is 0 Å². The molecule has 0 unspecified atom stereocenters. The molecule has 0 aromatic carbocycles. The molecule has 1 aromatic rings. The standard InChI is InChI=1S/C9H9F2NO3/c1-2-5-6(8(14)15)3-4-12(7(5)13)9(10)11/h3-4,9H,2H2,1H3,(H,14,15). The van der Waals surface area contributed by atoms with Crippen LogP contribution in [-0.4, -0.2) is 15.6 Å². The molecular formula is C9H9F2NO3. The van der Waals surface area contributed by atoms with Crippen molar-refractivity contribution in [1.82, 2.24) is 4.57 Å². The summed E-state index contributed by atoms with van der Waals surface area (Å²) in [6, 6.07) is 1.01. The topological polar surface area (TPSA) is 59.3 Å². The number of alkyl halides is 2. The van der Waals surface area contributed by atoms with Gasteiger partial charge in [-0.15, -0.1) is 0 Å². The Balaban J connectivity index is 3.46. The van der Waals surface area contributed by atoms with Gasteiger partial charge in [0.05, 0.1) is 5.56 Å². The van der Waals surface area contributed by atoms with E-state index < -0.39 is 18.1 Å². The van der Waals surface area contributed by atoms with E-state index in [0.717, 1.165) is 12.3 Å². The first-order valence-electron chi connectivity index (χ1n) is 4.24. The number of rotatable bonds is 3. The van der Waals surface area contributed by atoms with Crippen molar-refractivity contribution in [1.29, 1.82) is 0 Å². The van der Waals surface area contributed by atoms with E-state index >= 15 is 0 Å². The number of hydrogen-bond acceptors (Lipinski definition) is 2. The van der Waals surface area contributed by atoms with E-state index in [-0.39, 0.29) is 22.1 Å². The maximum absolute atomic E-state index is 12.3. The number of aromatic nitrogens is 1. The van der Waals surface area contributed by atoms with Crippen molar-refractivity contribution in [2.45, 2.75) is 19.9 Å². The van der Waals surface area contributed by atoms with Crippen molar-refractivity contribution in [3.05, 3.63) is 33.7 Å². The van der Waals surface area contributed by atoms with Crippen LogP contribution in [0.1, 0.15) is 29.4 Å². The molecule has 1 N–H and O–H groups in total. The Bertz CT molecular complexity index is 439. The molecule has 0 spiro atoms. The lowest BCUT2D eigenvalue weighted by Crippen LogP contribution is -2.26. The van der Waals surface area contributed by atoms with Gasteiger partial charge in [0.2, 0.25) is 0 Å². The van der Waals surface area contributed by atoms with Gasteiger partial charge < -0.3 is 5.11 Å². The van der Waals surface area contributed by atoms with Crippen LogP contribution in [0.4, 0.5) is 8.78 Å². The average molecular weight is 217 g/mol. The van der Waals surface area contributed by atoms with Crippen LogP contribution in [0.3, 0.4) is 0 Å². The van der Waals surface area contributed by atoms with Crippen LogP contribution in [0, 0.1) is 0 Å². The summed E-state index contributed by atoms with van der Waals surface area (Å²) < 4.78 is 24.8. The van der Waals surface area contributed by atoms with Crippen LogP contribution in [0.15, 0.2) is 17.1 Å². The van der Waals surface area contributed by atoms with E-state index in [9.17, 15) is 18.4 Å². The second-order valence-electron chi connectivity index (χ2n) is 2.86.